The average molecular weight is 387 g/mol. The molecule has 0 radical (unpaired) electrons. The fourth-order valence-electron chi connectivity index (χ4n) is 2.98. The Morgan fingerprint density at radius 1 is 1.25 bits per heavy atom. The molecule has 2 aromatic rings. The first-order valence-electron chi connectivity index (χ1n) is 10.3. The molecule has 0 saturated carbocycles. The van der Waals surface area contributed by atoms with Gasteiger partial charge in [0, 0.05) is 38.6 Å². The Balaban J connectivity index is 1.80. The zero-order valence-electron chi connectivity index (χ0n) is 17.6. The Bertz CT molecular complexity index is 782. The Labute approximate surface area is 168 Å². The molecule has 0 aliphatic carbocycles. The summed E-state index contributed by atoms with van der Waals surface area (Å²) in [5.41, 5.74) is 2.20. The van der Waals surface area contributed by atoms with E-state index in [1.165, 1.54) is 5.52 Å². The molecule has 1 amide bonds. The molecule has 0 aliphatic rings. The summed E-state index contributed by atoms with van der Waals surface area (Å²) in [4.78, 5) is 21.1. The highest BCUT2D eigenvalue weighted by Gasteiger charge is 2.07. The molecule has 1 atom stereocenters. The van der Waals surface area contributed by atoms with Crippen molar-refractivity contribution in [3.63, 3.8) is 0 Å². The third-order valence-corrected chi connectivity index (χ3v) is 4.66. The molecular formula is C21H34N6O. The average Bonchev–Trinajstić information content (AvgIpc) is 3.00. The van der Waals surface area contributed by atoms with Crippen molar-refractivity contribution in [1.29, 1.82) is 0 Å². The summed E-state index contributed by atoms with van der Waals surface area (Å²) in [6.45, 7) is 11.1. The number of rotatable bonds is 10. The number of nitrogens with zero attached hydrogens (tertiary/aromatic N) is 3. The van der Waals surface area contributed by atoms with Crippen LogP contribution in [0.5, 0.6) is 0 Å². The van der Waals surface area contributed by atoms with Crippen LogP contribution in [-0.4, -0.2) is 47.1 Å². The van der Waals surface area contributed by atoms with E-state index in [0.717, 1.165) is 43.2 Å². The monoisotopic (exact) mass is 386 g/mol. The molecule has 3 N–H and O–H groups in total. The fourth-order valence-corrected chi connectivity index (χ4v) is 2.98. The van der Waals surface area contributed by atoms with Crippen molar-refractivity contribution < 1.29 is 4.79 Å². The third-order valence-electron chi connectivity index (χ3n) is 4.66. The van der Waals surface area contributed by atoms with Gasteiger partial charge in [0.2, 0.25) is 5.91 Å². The number of para-hydroxylation sites is 2. The first-order valence-corrected chi connectivity index (χ1v) is 10.3. The summed E-state index contributed by atoms with van der Waals surface area (Å²) in [7, 11) is 0. The Morgan fingerprint density at radius 2 is 2.04 bits per heavy atom. The quantitative estimate of drug-likeness (QED) is 0.333. The number of hydrogen-bond acceptors (Lipinski definition) is 3. The lowest BCUT2D eigenvalue weighted by Gasteiger charge is -2.13. The van der Waals surface area contributed by atoms with Crippen LogP contribution in [0.25, 0.3) is 11.0 Å². The highest BCUT2D eigenvalue weighted by molar-refractivity contribution is 5.81. The van der Waals surface area contributed by atoms with E-state index >= 15 is 0 Å². The van der Waals surface area contributed by atoms with Gasteiger partial charge in [-0.25, -0.2) is 4.98 Å². The van der Waals surface area contributed by atoms with Gasteiger partial charge in [-0.3, -0.25) is 9.79 Å². The minimum atomic E-state index is 0.0696. The van der Waals surface area contributed by atoms with Crippen molar-refractivity contribution in [2.45, 2.75) is 59.5 Å². The summed E-state index contributed by atoms with van der Waals surface area (Å²) < 4.78 is 2.24. The molecule has 0 aliphatic heterocycles. The van der Waals surface area contributed by atoms with E-state index in [-0.39, 0.29) is 11.9 Å². The molecule has 1 unspecified atom stereocenters. The molecular weight excluding hydrogens is 352 g/mol. The van der Waals surface area contributed by atoms with Crippen molar-refractivity contribution in [2.75, 3.05) is 19.6 Å². The minimum absolute atomic E-state index is 0.0696. The summed E-state index contributed by atoms with van der Waals surface area (Å²) in [5.74, 6) is 1.86. The Morgan fingerprint density at radius 3 is 2.79 bits per heavy atom. The molecule has 2 rings (SSSR count). The summed E-state index contributed by atoms with van der Waals surface area (Å²) in [6.07, 6.45) is 2.30. The second-order valence-electron chi connectivity index (χ2n) is 6.97. The van der Waals surface area contributed by atoms with Crippen molar-refractivity contribution >= 4 is 22.9 Å². The molecule has 0 saturated heterocycles. The van der Waals surface area contributed by atoms with Gasteiger partial charge in [-0.1, -0.05) is 19.1 Å². The van der Waals surface area contributed by atoms with Crippen LogP contribution in [0.15, 0.2) is 29.3 Å². The Hall–Kier alpha value is -2.57. The maximum Gasteiger partial charge on any atom is 0.221 e. The number of guanidine groups is 1. The second-order valence-corrected chi connectivity index (χ2v) is 6.97. The van der Waals surface area contributed by atoms with Crippen LogP contribution >= 0.6 is 0 Å². The number of aryl methyl sites for hydroxylation is 2. The van der Waals surface area contributed by atoms with Gasteiger partial charge in [0.25, 0.3) is 0 Å². The predicted molar refractivity (Wildman–Crippen MR) is 116 cm³/mol. The molecule has 154 valence electrons. The predicted octanol–water partition coefficient (Wildman–Crippen LogP) is 2.59. The summed E-state index contributed by atoms with van der Waals surface area (Å²) in [6, 6.07) is 8.43. The molecule has 0 fully saturated rings. The standard InChI is InChI=1S/C21H34N6O/c1-5-16(3)25-20(28)12-14-24-21(22-6-2)23-13-9-15-27-17(4)26-18-10-7-8-11-19(18)27/h7-8,10-11,16H,5-6,9,12-15H2,1-4H3,(H,25,28)(H2,22,23,24). The lowest BCUT2D eigenvalue weighted by molar-refractivity contribution is -0.121. The van der Waals surface area contributed by atoms with Crippen LogP contribution < -0.4 is 16.0 Å². The van der Waals surface area contributed by atoms with E-state index in [1.54, 1.807) is 0 Å². The molecule has 28 heavy (non-hydrogen) atoms. The number of hydrogen-bond donors (Lipinski definition) is 3. The maximum atomic E-state index is 11.9. The number of aliphatic imine (C=N–C) groups is 1. The van der Waals surface area contributed by atoms with E-state index < -0.39 is 0 Å². The van der Waals surface area contributed by atoms with Crippen LogP contribution in [0.4, 0.5) is 0 Å². The molecule has 1 aromatic heterocycles. The topological polar surface area (TPSA) is 83.3 Å². The van der Waals surface area contributed by atoms with Gasteiger partial charge in [0.15, 0.2) is 5.96 Å². The number of benzene rings is 1. The lowest BCUT2D eigenvalue weighted by Crippen LogP contribution is -2.40. The highest BCUT2D eigenvalue weighted by Crippen LogP contribution is 2.15. The van der Waals surface area contributed by atoms with Gasteiger partial charge in [-0.15, -0.1) is 0 Å². The van der Waals surface area contributed by atoms with Crippen LogP contribution in [0.2, 0.25) is 0 Å². The van der Waals surface area contributed by atoms with Crippen LogP contribution in [0.1, 0.15) is 45.9 Å². The second kappa shape index (κ2) is 11.3. The van der Waals surface area contributed by atoms with Crippen LogP contribution in [0, 0.1) is 6.92 Å². The lowest BCUT2D eigenvalue weighted by atomic mass is 10.2. The number of carbonyl (C=O) groups is 1. The zero-order valence-corrected chi connectivity index (χ0v) is 17.6. The van der Waals surface area contributed by atoms with E-state index in [2.05, 4.69) is 43.5 Å². The summed E-state index contributed by atoms with van der Waals surface area (Å²) in [5, 5.41) is 9.44. The number of nitrogens with one attached hydrogen (secondary N) is 3. The number of imidazole rings is 1. The van der Waals surface area contributed by atoms with Gasteiger partial charge in [0.1, 0.15) is 5.82 Å². The summed E-state index contributed by atoms with van der Waals surface area (Å²) >= 11 is 0. The van der Waals surface area contributed by atoms with E-state index in [4.69, 9.17) is 0 Å². The number of aromatic nitrogens is 2. The van der Waals surface area contributed by atoms with Crippen LogP contribution in [-0.2, 0) is 11.3 Å². The number of amides is 1. The largest absolute Gasteiger partial charge is 0.357 e. The fraction of sp³-hybridized carbons (Fsp3) is 0.571. The van der Waals surface area contributed by atoms with Crippen molar-refractivity contribution in [2.24, 2.45) is 4.99 Å². The van der Waals surface area contributed by atoms with Gasteiger partial charge >= 0.3 is 0 Å². The Kier molecular flexibility index (Phi) is 8.78. The number of fused-ring (bicyclic) bond motifs is 1. The third kappa shape index (κ3) is 6.55. The van der Waals surface area contributed by atoms with Gasteiger partial charge in [-0.05, 0) is 45.7 Å². The smallest absolute Gasteiger partial charge is 0.221 e. The van der Waals surface area contributed by atoms with Crippen molar-refractivity contribution in [1.82, 2.24) is 25.5 Å². The minimum Gasteiger partial charge on any atom is -0.357 e. The van der Waals surface area contributed by atoms with Crippen molar-refractivity contribution in [3.05, 3.63) is 30.1 Å². The number of carbonyl (C=O) groups excluding carboxylic acids is 1. The molecule has 0 spiro atoms. The van der Waals surface area contributed by atoms with E-state index in [1.807, 2.05) is 39.0 Å². The zero-order chi connectivity index (χ0) is 20.4. The van der Waals surface area contributed by atoms with Crippen molar-refractivity contribution in [3.8, 4) is 0 Å². The molecule has 7 heteroatoms. The van der Waals surface area contributed by atoms with Crippen LogP contribution in [0.3, 0.4) is 0 Å². The first-order chi connectivity index (χ1) is 13.5. The van der Waals surface area contributed by atoms with Gasteiger partial charge in [-0.2, -0.15) is 0 Å². The van der Waals surface area contributed by atoms with Gasteiger partial charge in [0.05, 0.1) is 11.0 Å². The molecule has 1 aromatic carbocycles. The van der Waals surface area contributed by atoms with E-state index in [0.29, 0.717) is 19.5 Å². The highest BCUT2D eigenvalue weighted by atomic mass is 16.1. The normalized spacial score (nSPS) is 12.8. The molecule has 0 bridgehead atoms. The molecule has 7 nitrogen and oxygen atoms in total. The van der Waals surface area contributed by atoms with Gasteiger partial charge < -0.3 is 20.5 Å². The maximum absolute atomic E-state index is 11.9. The SMILES string of the molecule is CCNC(=NCCCn1c(C)nc2ccccc21)NCCC(=O)NC(C)CC. The first kappa shape index (κ1) is 21.7. The van der Waals surface area contributed by atoms with E-state index in [9.17, 15) is 4.79 Å². The molecule has 1 heterocycles.